The Morgan fingerprint density at radius 2 is 2.12 bits per heavy atom. The maximum atomic E-state index is 12.4. The summed E-state index contributed by atoms with van der Waals surface area (Å²) < 4.78 is 9.84. The number of carbonyl (C=O) groups is 3. The first-order valence-electron chi connectivity index (χ1n) is 8.56. The van der Waals surface area contributed by atoms with Gasteiger partial charge < -0.3 is 25.0 Å². The number of epoxide rings is 1. The van der Waals surface area contributed by atoms with Crippen molar-refractivity contribution in [2.45, 2.75) is 45.4 Å². The number of hydrogen-bond acceptors (Lipinski definition) is 6. The van der Waals surface area contributed by atoms with E-state index in [-0.39, 0.29) is 30.4 Å². The smallest absolute Gasteiger partial charge is 0.338 e. The van der Waals surface area contributed by atoms with Crippen molar-refractivity contribution in [2.24, 2.45) is 5.92 Å². The summed E-state index contributed by atoms with van der Waals surface area (Å²) in [4.78, 5) is 37.6. The van der Waals surface area contributed by atoms with Gasteiger partial charge in [-0.1, -0.05) is 6.92 Å². The predicted octanol–water partition coefficient (Wildman–Crippen LogP) is -0.720. The van der Waals surface area contributed by atoms with Gasteiger partial charge in [0.25, 0.3) is 5.91 Å². The third kappa shape index (κ3) is 4.67. The molecule has 0 radical (unpaired) electrons. The summed E-state index contributed by atoms with van der Waals surface area (Å²) in [6.07, 6.45) is -0.994. The van der Waals surface area contributed by atoms with E-state index in [1.165, 1.54) is 0 Å². The van der Waals surface area contributed by atoms with Crippen molar-refractivity contribution < 1.29 is 23.9 Å². The Balaban J connectivity index is 1.67. The van der Waals surface area contributed by atoms with Gasteiger partial charge in [0.1, 0.15) is 0 Å². The molecule has 24 heavy (non-hydrogen) atoms. The number of nitrogens with zero attached hydrogens (tertiary/aromatic N) is 1. The zero-order valence-corrected chi connectivity index (χ0v) is 14.5. The molecule has 2 aliphatic heterocycles. The highest BCUT2D eigenvalue weighted by molar-refractivity contribution is 5.92. The molecule has 4 atom stereocenters. The number of hydrogen-bond donors (Lipinski definition) is 2. The molecule has 8 heteroatoms. The van der Waals surface area contributed by atoms with E-state index in [1.54, 1.807) is 6.92 Å². The molecule has 2 amide bonds. The molecule has 0 aromatic rings. The van der Waals surface area contributed by atoms with Crippen LogP contribution in [0.1, 0.15) is 27.2 Å². The normalized spacial score (nSPS) is 27.3. The van der Waals surface area contributed by atoms with Gasteiger partial charge >= 0.3 is 5.97 Å². The lowest BCUT2D eigenvalue weighted by atomic mass is 10.0. The van der Waals surface area contributed by atoms with Gasteiger partial charge in [-0.15, -0.1) is 0 Å². The minimum absolute atomic E-state index is 0.116. The fraction of sp³-hybridized carbons (Fsp3) is 0.812. The first-order valence-corrected chi connectivity index (χ1v) is 8.56. The first kappa shape index (κ1) is 18.7. The highest BCUT2D eigenvalue weighted by atomic mass is 16.6. The molecule has 0 bridgehead atoms. The molecule has 0 saturated carbocycles. The number of amides is 2. The third-order valence-corrected chi connectivity index (χ3v) is 4.35. The predicted molar refractivity (Wildman–Crippen MR) is 86.1 cm³/mol. The van der Waals surface area contributed by atoms with Crippen LogP contribution in [0.15, 0.2) is 0 Å². The topological polar surface area (TPSA) is 100 Å². The largest absolute Gasteiger partial charge is 0.464 e. The molecule has 2 heterocycles. The fourth-order valence-corrected chi connectivity index (χ4v) is 2.80. The molecule has 2 aliphatic rings. The highest BCUT2D eigenvalue weighted by Crippen LogP contribution is 2.23. The summed E-state index contributed by atoms with van der Waals surface area (Å²) in [6.45, 7) is 8.58. The monoisotopic (exact) mass is 341 g/mol. The second kappa shape index (κ2) is 8.43. The molecule has 2 N–H and O–H groups in total. The SMILES string of the molecule is CCOC(=O)C1O[C@@H]1C(=O)NCC[C@H](C)C(=O)N1CCNC[C@@H]1C. The Bertz CT molecular complexity index is 484. The molecule has 1 unspecified atom stereocenters. The van der Waals surface area contributed by atoms with Crippen molar-refractivity contribution in [1.82, 2.24) is 15.5 Å². The van der Waals surface area contributed by atoms with E-state index in [2.05, 4.69) is 10.6 Å². The van der Waals surface area contributed by atoms with E-state index in [9.17, 15) is 14.4 Å². The molecular formula is C16H27N3O5. The van der Waals surface area contributed by atoms with Crippen molar-refractivity contribution in [3.8, 4) is 0 Å². The van der Waals surface area contributed by atoms with E-state index in [0.717, 1.165) is 13.1 Å². The van der Waals surface area contributed by atoms with Crippen LogP contribution in [-0.2, 0) is 23.9 Å². The third-order valence-electron chi connectivity index (χ3n) is 4.35. The van der Waals surface area contributed by atoms with Crippen LogP contribution in [0.3, 0.4) is 0 Å². The number of piperazine rings is 1. The van der Waals surface area contributed by atoms with Crippen molar-refractivity contribution in [3.63, 3.8) is 0 Å². The zero-order chi connectivity index (χ0) is 17.7. The highest BCUT2D eigenvalue weighted by Gasteiger charge is 2.51. The molecule has 0 aromatic heterocycles. The van der Waals surface area contributed by atoms with E-state index < -0.39 is 18.2 Å². The number of carbonyl (C=O) groups excluding carboxylic acids is 3. The molecule has 0 aromatic carbocycles. The lowest BCUT2D eigenvalue weighted by Gasteiger charge is -2.35. The van der Waals surface area contributed by atoms with Crippen molar-refractivity contribution in [3.05, 3.63) is 0 Å². The van der Waals surface area contributed by atoms with E-state index in [0.29, 0.717) is 19.5 Å². The number of nitrogens with one attached hydrogen (secondary N) is 2. The maximum Gasteiger partial charge on any atom is 0.338 e. The number of esters is 1. The average Bonchev–Trinajstić information content (AvgIpc) is 3.35. The Hall–Kier alpha value is -1.67. The van der Waals surface area contributed by atoms with Gasteiger partial charge in [-0.2, -0.15) is 0 Å². The Labute approximate surface area is 142 Å². The molecule has 2 saturated heterocycles. The zero-order valence-electron chi connectivity index (χ0n) is 14.5. The van der Waals surface area contributed by atoms with Gasteiger partial charge in [-0.05, 0) is 20.3 Å². The van der Waals surface area contributed by atoms with E-state index in [1.807, 2.05) is 18.7 Å². The molecule has 2 fully saturated rings. The van der Waals surface area contributed by atoms with Gasteiger partial charge in [0, 0.05) is 38.1 Å². The van der Waals surface area contributed by atoms with Crippen molar-refractivity contribution in [2.75, 3.05) is 32.8 Å². The Kier molecular flexibility index (Phi) is 6.56. The van der Waals surface area contributed by atoms with Crippen molar-refractivity contribution in [1.29, 1.82) is 0 Å². The van der Waals surface area contributed by atoms with E-state index >= 15 is 0 Å². The Morgan fingerprint density at radius 3 is 2.79 bits per heavy atom. The van der Waals surface area contributed by atoms with Crippen LogP contribution < -0.4 is 10.6 Å². The minimum Gasteiger partial charge on any atom is -0.464 e. The van der Waals surface area contributed by atoms with Crippen molar-refractivity contribution >= 4 is 17.8 Å². The van der Waals surface area contributed by atoms with Crippen LogP contribution in [0.2, 0.25) is 0 Å². The lowest BCUT2D eigenvalue weighted by molar-refractivity contribution is -0.144. The number of rotatable bonds is 7. The van der Waals surface area contributed by atoms with Gasteiger partial charge in [0.15, 0.2) is 12.2 Å². The standard InChI is InChI=1S/C16H27N3O5/c1-4-23-16(22)13-12(24-13)14(20)18-6-5-10(2)15(21)19-8-7-17-9-11(19)3/h10-13,17H,4-9H2,1-3H3,(H,18,20)/t10-,11-,12-,13?/m0/s1. The minimum atomic E-state index is -0.786. The summed E-state index contributed by atoms with van der Waals surface area (Å²) >= 11 is 0. The van der Waals surface area contributed by atoms with Gasteiger partial charge in [0.2, 0.25) is 5.91 Å². The Morgan fingerprint density at radius 1 is 1.38 bits per heavy atom. The molecule has 8 nitrogen and oxygen atoms in total. The fourth-order valence-electron chi connectivity index (χ4n) is 2.80. The van der Waals surface area contributed by atoms with Gasteiger partial charge in [-0.3, -0.25) is 9.59 Å². The quantitative estimate of drug-likeness (QED) is 0.468. The summed E-state index contributed by atoms with van der Waals surface area (Å²) in [5.41, 5.74) is 0. The van der Waals surface area contributed by atoms with Crippen LogP contribution in [0, 0.1) is 5.92 Å². The van der Waals surface area contributed by atoms with Crippen LogP contribution in [0.25, 0.3) is 0 Å². The summed E-state index contributed by atoms with van der Waals surface area (Å²) in [5.74, 6) is -0.880. The molecule has 0 spiro atoms. The first-order chi connectivity index (χ1) is 11.5. The number of ether oxygens (including phenoxy) is 2. The molecule has 0 aliphatic carbocycles. The van der Waals surface area contributed by atoms with Gasteiger partial charge in [0.05, 0.1) is 6.61 Å². The molecule has 136 valence electrons. The van der Waals surface area contributed by atoms with E-state index in [4.69, 9.17) is 9.47 Å². The summed E-state index contributed by atoms with van der Waals surface area (Å²) in [6, 6.07) is 0.188. The van der Waals surface area contributed by atoms with Crippen LogP contribution >= 0.6 is 0 Å². The van der Waals surface area contributed by atoms with Crippen LogP contribution in [0.4, 0.5) is 0 Å². The molecule has 2 rings (SSSR count). The van der Waals surface area contributed by atoms with Crippen LogP contribution in [-0.4, -0.2) is 73.7 Å². The summed E-state index contributed by atoms with van der Waals surface area (Å²) in [7, 11) is 0. The summed E-state index contributed by atoms with van der Waals surface area (Å²) in [5, 5.41) is 5.97. The lowest BCUT2D eigenvalue weighted by Crippen LogP contribution is -2.53. The second-order valence-electron chi connectivity index (χ2n) is 6.29. The second-order valence-corrected chi connectivity index (χ2v) is 6.29. The average molecular weight is 341 g/mol. The molecular weight excluding hydrogens is 314 g/mol. The maximum absolute atomic E-state index is 12.4. The van der Waals surface area contributed by atoms with Crippen LogP contribution in [0.5, 0.6) is 0 Å². The van der Waals surface area contributed by atoms with Gasteiger partial charge in [-0.25, -0.2) is 4.79 Å².